The molecule has 1 saturated heterocycles. The lowest BCUT2D eigenvalue weighted by Gasteiger charge is -2.17. The van der Waals surface area contributed by atoms with E-state index in [4.69, 9.17) is 21.3 Å². The SMILES string of the molecule is Cc1c(-c2nc3ccccc3[nH]2)c(NC(=O)c2ccccc2Cl)n(C[C@@H]2CCCO2)c1C. The predicted octanol–water partition coefficient (Wildman–Crippen LogP) is 5.73. The zero-order valence-corrected chi connectivity index (χ0v) is 18.9. The summed E-state index contributed by atoms with van der Waals surface area (Å²) >= 11 is 6.30. The topological polar surface area (TPSA) is 71.9 Å². The second-order valence-corrected chi connectivity index (χ2v) is 8.62. The summed E-state index contributed by atoms with van der Waals surface area (Å²) in [6.45, 7) is 5.59. The van der Waals surface area contributed by atoms with Gasteiger partial charge in [0, 0.05) is 12.3 Å². The molecule has 7 heteroatoms. The molecule has 0 spiro atoms. The molecule has 0 aliphatic carbocycles. The highest BCUT2D eigenvalue weighted by Crippen LogP contribution is 2.37. The second-order valence-electron chi connectivity index (χ2n) is 8.22. The lowest BCUT2D eigenvalue weighted by Crippen LogP contribution is -2.21. The summed E-state index contributed by atoms with van der Waals surface area (Å²) in [5.74, 6) is 1.19. The maximum absolute atomic E-state index is 13.2. The number of hydrogen-bond donors (Lipinski definition) is 2. The van der Waals surface area contributed by atoms with Gasteiger partial charge in [-0.2, -0.15) is 0 Å². The Balaban J connectivity index is 1.63. The average molecular weight is 449 g/mol. The molecule has 1 aliphatic rings. The van der Waals surface area contributed by atoms with Crippen LogP contribution in [-0.2, 0) is 11.3 Å². The molecular weight excluding hydrogens is 424 g/mol. The van der Waals surface area contributed by atoms with Crippen molar-refractivity contribution in [2.45, 2.75) is 39.3 Å². The van der Waals surface area contributed by atoms with Crippen LogP contribution >= 0.6 is 11.6 Å². The van der Waals surface area contributed by atoms with E-state index in [1.807, 2.05) is 36.4 Å². The zero-order chi connectivity index (χ0) is 22.2. The van der Waals surface area contributed by atoms with E-state index in [-0.39, 0.29) is 12.0 Å². The van der Waals surface area contributed by atoms with Gasteiger partial charge in [-0.1, -0.05) is 35.9 Å². The first-order chi connectivity index (χ1) is 15.5. The number of amides is 1. The summed E-state index contributed by atoms with van der Waals surface area (Å²) < 4.78 is 8.04. The molecule has 32 heavy (non-hydrogen) atoms. The molecule has 2 aromatic heterocycles. The third-order valence-electron chi connectivity index (χ3n) is 6.22. The fraction of sp³-hybridized carbons (Fsp3) is 0.280. The highest BCUT2D eigenvalue weighted by Gasteiger charge is 2.26. The lowest BCUT2D eigenvalue weighted by atomic mass is 10.1. The van der Waals surface area contributed by atoms with Crippen LogP contribution in [0.15, 0.2) is 48.5 Å². The predicted molar refractivity (Wildman–Crippen MR) is 127 cm³/mol. The maximum Gasteiger partial charge on any atom is 0.258 e. The molecule has 3 heterocycles. The van der Waals surface area contributed by atoms with Crippen LogP contribution in [0.25, 0.3) is 22.4 Å². The number of anilines is 1. The summed E-state index contributed by atoms with van der Waals surface area (Å²) in [6.07, 6.45) is 2.19. The summed E-state index contributed by atoms with van der Waals surface area (Å²) in [6, 6.07) is 15.0. The van der Waals surface area contributed by atoms with Crippen molar-refractivity contribution in [3.63, 3.8) is 0 Å². The van der Waals surface area contributed by atoms with Crippen molar-refractivity contribution in [1.82, 2.24) is 14.5 Å². The number of benzene rings is 2. The number of aromatic amines is 1. The fourth-order valence-corrected chi connectivity index (χ4v) is 4.62. The maximum atomic E-state index is 13.2. The first-order valence-electron chi connectivity index (χ1n) is 10.8. The van der Waals surface area contributed by atoms with Gasteiger partial charge in [0.15, 0.2) is 0 Å². The van der Waals surface area contributed by atoms with Gasteiger partial charge in [0.1, 0.15) is 11.6 Å². The Bertz CT molecular complexity index is 1270. The summed E-state index contributed by atoms with van der Waals surface area (Å²) in [5, 5.41) is 3.56. The number of H-pyrrole nitrogens is 1. The number of aromatic nitrogens is 3. The molecule has 4 aromatic rings. The van der Waals surface area contributed by atoms with Crippen molar-refractivity contribution in [3.05, 3.63) is 70.4 Å². The minimum Gasteiger partial charge on any atom is -0.376 e. The molecule has 2 N–H and O–H groups in total. The van der Waals surface area contributed by atoms with Crippen LogP contribution in [0.5, 0.6) is 0 Å². The van der Waals surface area contributed by atoms with Crippen LogP contribution in [0, 0.1) is 13.8 Å². The molecule has 1 aliphatic heterocycles. The Kier molecular flexibility index (Phi) is 5.49. The van der Waals surface area contributed by atoms with Gasteiger partial charge in [0.25, 0.3) is 5.91 Å². The molecule has 1 fully saturated rings. The number of fused-ring (bicyclic) bond motifs is 1. The van der Waals surface area contributed by atoms with E-state index in [1.165, 1.54) is 0 Å². The minimum atomic E-state index is -0.251. The van der Waals surface area contributed by atoms with E-state index in [2.05, 4.69) is 28.7 Å². The van der Waals surface area contributed by atoms with Crippen molar-refractivity contribution < 1.29 is 9.53 Å². The summed E-state index contributed by atoms with van der Waals surface area (Å²) in [7, 11) is 0. The number of nitrogens with zero attached hydrogens (tertiary/aromatic N) is 2. The molecule has 0 unspecified atom stereocenters. The van der Waals surface area contributed by atoms with Gasteiger partial charge >= 0.3 is 0 Å². The number of imidazole rings is 1. The Morgan fingerprint density at radius 1 is 1.22 bits per heavy atom. The van der Waals surface area contributed by atoms with Crippen LogP contribution < -0.4 is 5.32 Å². The first-order valence-corrected chi connectivity index (χ1v) is 11.2. The molecular formula is C25H25ClN4O2. The van der Waals surface area contributed by atoms with Crippen LogP contribution in [-0.4, -0.2) is 33.2 Å². The number of halogens is 1. The van der Waals surface area contributed by atoms with Gasteiger partial charge in [-0.25, -0.2) is 4.98 Å². The van der Waals surface area contributed by atoms with Crippen LogP contribution in [0.3, 0.4) is 0 Å². The van der Waals surface area contributed by atoms with E-state index in [9.17, 15) is 4.79 Å². The monoisotopic (exact) mass is 448 g/mol. The summed E-state index contributed by atoms with van der Waals surface area (Å²) in [5.41, 5.74) is 5.30. The minimum absolute atomic E-state index is 0.125. The third kappa shape index (κ3) is 3.70. The molecule has 5 rings (SSSR count). The van der Waals surface area contributed by atoms with Gasteiger partial charge in [0.05, 0.1) is 39.8 Å². The third-order valence-corrected chi connectivity index (χ3v) is 6.55. The number of nitrogens with one attached hydrogen (secondary N) is 2. The largest absolute Gasteiger partial charge is 0.376 e. The molecule has 0 radical (unpaired) electrons. The Morgan fingerprint density at radius 3 is 2.75 bits per heavy atom. The number of hydrogen-bond acceptors (Lipinski definition) is 3. The molecule has 2 aromatic carbocycles. The number of carbonyl (C=O) groups excluding carboxylic acids is 1. The van der Waals surface area contributed by atoms with Gasteiger partial charge in [0.2, 0.25) is 0 Å². The van der Waals surface area contributed by atoms with Crippen molar-refractivity contribution in [2.24, 2.45) is 0 Å². The van der Waals surface area contributed by atoms with Gasteiger partial charge < -0.3 is 19.6 Å². The van der Waals surface area contributed by atoms with Crippen LogP contribution in [0.2, 0.25) is 5.02 Å². The average Bonchev–Trinajstić information content (AvgIpc) is 3.50. The fourth-order valence-electron chi connectivity index (χ4n) is 4.39. The number of ether oxygens (including phenoxy) is 1. The van der Waals surface area contributed by atoms with E-state index >= 15 is 0 Å². The van der Waals surface area contributed by atoms with E-state index in [0.717, 1.165) is 53.1 Å². The standard InChI is InChI=1S/C25H25ClN4O2/c1-15-16(2)30(14-17-8-7-13-32-17)24(29-25(31)18-9-3-4-10-19(18)26)22(15)23-27-20-11-5-6-12-21(20)28-23/h3-6,9-12,17H,7-8,13-14H2,1-2H3,(H,27,28)(H,29,31)/t17-/m0/s1. The zero-order valence-electron chi connectivity index (χ0n) is 18.1. The number of para-hydroxylation sites is 2. The van der Waals surface area contributed by atoms with Crippen molar-refractivity contribution in [2.75, 3.05) is 11.9 Å². The molecule has 6 nitrogen and oxygen atoms in total. The van der Waals surface area contributed by atoms with Gasteiger partial charge in [-0.3, -0.25) is 4.79 Å². The molecule has 1 atom stereocenters. The van der Waals surface area contributed by atoms with E-state index < -0.39 is 0 Å². The van der Waals surface area contributed by atoms with E-state index in [0.29, 0.717) is 22.9 Å². The number of rotatable bonds is 5. The Labute approximate surface area is 191 Å². The quantitative estimate of drug-likeness (QED) is 0.409. The van der Waals surface area contributed by atoms with Gasteiger partial charge in [-0.05, 0) is 56.5 Å². The normalized spacial score (nSPS) is 16.0. The Hall–Kier alpha value is -3.09. The first kappa shape index (κ1) is 20.8. The van der Waals surface area contributed by atoms with E-state index in [1.54, 1.807) is 12.1 Å². The highest BCUT2D eigenvalue weighted by atomic mass is 35.5. The number of carbonyl (C=O) groups is 1. The summed E-state index contributed by atoms with van der Waals surface area (Å²) in [4.78, 5) is 21.5. The van der Waals surface area contributed by atoms with Crippen molar-refractivity contribution >= 4 is 34.4 Å². The van der Waals surface area contributed by atoms with Crippen molar-refractivity contribution in [3.8, 4) is 11.4 Å². The second kappa shape index (κ2) is 8.45. The molecule has 164 valence electrons. The van der Waals surface area contributed by atoms with Crippen LogP contribution in [0.1, 0.15) is 34.5 Å². The molecule has 0 bridgehead atoms. The highest BCUT2D eigenvalue weighted by molar-refractivity contribution is 6.34. The van der Waals surface area contributed by atoms with Crippen molar-refractivity contribution in [1.29, 1.82) is 0 Å². The molecule has 1 amide bonds. The Morgan fingerprint density at radius 2 is 2.00 bits per heavy atom. The van der Waals surface area contributed by atoms with Crippen LogP contribution in [0.4, 0.5) is 5.82 Å². The smallest absolute Gasteiger partial charge is 0.258 e. The lowest BCUT2D eigenvalue weighted by molar-refractivity contribution is 0.0962. The van der Waals surface area contributed by atoms with Gasteiger partial charge in [-0.15, -0.1) is 0 Å². The molecule has 0 saturated carbocycles.